The van der Waals surface area contributed by atoms with Gasteiger partial charge in [0.1, 0.15) is 17.7 Å². The fraction of sp³-hybridized carbons (Fsp3) is 0.263. The maximum atomic E-state index is 13.2. The van der Waals surface area contributed by atoms with Crippen molar-refractivity contribution in [1.82, 2.24) is 10.6 Å². The molecule has 0 spiro atoms. The molecule has 2 rings (SSSR count). The van der Waals surface area contributed by atoms with E-state index < -0.39 is 0 Å². The van der Waals surface area contributed by atoms with Gasteiger partial charge in [0.05, 0.1) is 13.1 Å². The van der Waals surface area contributed by atoms with E-state index in [1.165, 1.54) is 12.1 Å². The first-order chi connectivity index (χ1) is 12.6. The molecule has 0 aliphatic heterocycles. The molecule has 6 nitrogen and oxygen atoms in total. The van der Waals surface area contributed by atoms with Gasteiger partial charge in [-0.05, 0) is 31.2 Å². The zero-order valence-corrected chi connectivity index (χ0v) is 14.8. The van der Waals surface area contributed by atoms with Crippen molar-refractivity contribution in [3.05, 3.63) is 60.4 Å². The molecule has 0 saturated carbocycles. The number of rotatable bonds is 7. The Labute approximate surface area is 152 Å². The molecule has 1 amide bonds. The summed E-state index contributed by atoms with van der Waals surface area (Å²) >= 11 is 0. The van der Waals surface area contributed by atoms with E-state index in [9.17, 15) is 9.18 Å². The van der Waals surface area contributed by atoms with Crippen LogP contribution in [0.1, 0.15) is 6.92 Å². The minimum Gasteiger partial charge on any atom is -0.489 e. The van der Waals surface area contributed by atoms with Gasteiger partial charge < -0.3 is 20.7 Å². The predicted octanol–water partition coefficient (Wildman–Crippen LogP) is 2.40. The summed E-state index contributed by atoms with van der Waals surface area (Å²) < 4.78 is 18.8. The third-order valence-corrected chi connectivity index (χ3v) is 3.39. The first-order valence-corrected chi connectivity index (χ1v) is 8.28. The Hall–Kier alpha value is -3.09. The van der Waals surface area contributed by atoms with Crippen LogP contribution in [-0.2, 0) is 4.79 Å². The number of guanidine groups is 1. The Morgan fingerprint density at radius 2 is 1.92 bits per heavy atom. The van der Waals surface area contributed by atoms with Crippen LogP contribution < -0.4 is 20.7 Å². The van der Waals surface area contributed by atoms with Crippen molar-refractivity contribution in [2.75, 3.05) is 25.5 Å². The summed E-state index contributed by atoms with van der Waals surface area (Å²) in [5, 5.41) is 8.77. The second kappa shape index (κ2) is 10.0. The highest BCUT2D eigenvalue weighted by Gasteiger charge is 2.08. The largest absolute Gasteiger partial charge is 0.489 e. The van der Waals surface area contributed by atoms with Crippen LogP contribution in [-0.4, -0.2) is 38.1 Å². The van der Waals surface area contributed by atoms with Crippen molar-refractivity contribution >= 4 is 17.6 Å². The van der Waals surface area contributed by atoms with Gasteiger partial charge in [-0.2, -0.15) is 0 Å². The molecule has 0 aliphatic rings. The number of benzene rings is 2. The van der Waals surface area contributed by atoms with Crippen LogP contribution in [0.25, 0.3) is 0 Å². The number of amides is 1. The number of nitrogens with one attached hydrogen (secondary N) is 3. The molecule has 0 aliphatic carbocycles. The molecular weight excluding hydrogens is 335 g/mol. The van der Waals surface area contributed by atoms with Crippen LogP contribution in [0.2, 0.25) is 0 Å². The highest BCUT2D eigenvalue weighted by Crippen LogP contribution is 2.13. The van der Waals surface area contributed by atoms with Gasteiger partial charge in [-0.15, -0.1) is 0 Å². The maximum absolute atomic E-state index is 13.2. The third kappa shape index (κ3) is 6.80. The van der Waals surface area contributed by atoms with Gasteiger partial charge in [0, 0.05) is 18.8 Å². The Morgan fingerprint density at radius 1 is 1.15 bits per heavy atom. The van der Waals surface area contributed by atoms with Crippen LogP contribution in [0.4, 0.5) is 10.1 Å². The zero-order chi connectivity index (χ0) is 18.8. The summed E-state index contributed by atoms with van der Waals surface area (Å²) in [6, 6.07) is 15.2. The number of nitrogens with zero attached hydrogens (tertiary/aromatic N) is 1. The summed E-state index contributed by atoms with van der Waals surface area (Å²) in [5.41, 5.74) is 0.736. The fourth-order valence-corrected chi connectivity index (χ4v) is 2.17. The minimum atomic E-state index is -0.343. The van der Waals surface area contributed by atoms with E-state index in [-0.39, 0.29) is 24.4 Å². The summed E-state index contributed by atoms with van der Waals surface area (Å²) in [4.78, 5) is 16.0. The minimum absolute atomic E-state index is 0.0771. The Morgan fingerprint density at radius 3 is 2.62 bits per heavy atom. The summed E-state index contributed by atoms with van der Waals surface area (Å²) in [5.74, 6) is 0.417. The molecule has 1 atom stereocenters. The molecule has 7 heteroatoms. The molecular formula is C19H23FN4O2. The Bertz CT molecular complexity index is 737. The average molecular weight is 358 g/mol. The molecule has 2 aromatic rings. The number of ether oxygens (including phenoxy) is 1. The van der Waals surface area contributed by atoms with Crippen molar-refractivity contribution in [3.63, 3.8) is 0 Å². The van der Waals surface area contributed by atoms with Crippen LogP contribution in [0.5, 0.6) is 5.75 Å². The van der Waals surface area contributed by atoms with E-state index in [2.05, 4.69) is 20.9 Å². The second-order valence-corrected chi connectivity index (χ2v) is 5.61. The molecule has 2 aromatic carbocycles. The van der Waals surface area contributed by atoms with E-state index in [0.717, 1.165) is 5.69 Å². The lowest BCUT2D eigenvalue weighted by Crippen LogP contribution is -2.44. The SMILES string of the molecule is CN=C(NCC(=O)Nc1ccccc1)NCC(C)Oc1cccc(F)c1. The van der Waals surface area contributed by atoms with Crippen LogP contribution >= 0.6 is 0 Å². The van der Waals surface area contributed by atoms with Crippen molar-refractivity contribution in [1.29, 1.82) is 0 Å². The van der Waals surface area contributed by atoms with Crippen molar-refractivity contribution in [3.8, 4) is 5.75 Å². The third-order valence-electron chi connectivity index (χ3n) is 3.39. The highest BCUT2D eigenvalue weighted by atomic mass is 19.1. The summed E-state index contributed by atoms with van der Waals surface area (Å²) in [7, 11) is 1.61. The summed E-state index contributed by atoms with van der Waals surface area (Å²) in [6.45, 7) is 2.37. The van der Waals surface area contributed by atoms with Gasteiger partial charge >= 0.3 is 0 Å². The zero-order valence-electron chi connectivity index (χ0n) is 14.8. The normalized spacial score (nSPS) is 12.2. The molecule has 0 fully saturated rings. The number of aliphatic imine (C=N–C) groups is 1. The van der Waals surface area contributed by atoms with Gasteiger partial charge in [0.25, 0.3) is 0 Å². The van der Waals surface area contributed by atoms with Crippen molar-refractivity contribution in [2.45, 2.75) is 13.0 Å². The number of carbonyl (C=O) groups excluding carboxylic acids is 1. The van der Waals surface area contributed by atoms with Crippen molar-refractivity contribution in [2.24, 2.45) is 4.99 Å². The Balaban J connectivity index is 1.72. The van der Waals surface area contributed by atoms with Crippen LogP contribution in [0, 0.1) is 5.82 Å². The van der Waals surface area contributed by atoms with E-state index in [0.29, 0.717) is 18.3 Å². The number of hydrogen-bond donors (Lipinski definition) is 3. The molecule has 0 heterocycles. The molecule has 1 unspecified atom stereocenters. The topological polar surface area (TPSA) is 74.8 Å². The van der Waals surface area contributed by atoms with Crippen LogP contribution in [0.3, 0.4) is 0 Å². The molecule has 26 heavy (non-hydrogen) atoms. The fourth-order valence-electron chi connectivity index (χ4n) is 2.17. The predicted molar refractivity (Wildman–Crippen MR) is 101 cm³/mol. The summed E-state index contributed by atoms with van der Waals surface area (Å²) in [6.07, 6.45) is -0.214. The average Bonchev–Trinajstić information content (AvgIpc) is 2.62. The lowest BCUT2D eigenvalue weighted by molar-refractivity contribution is -0.115. The smallest absolute Gasteiger partial charge is 0.243 e. The van der Waals surface area contributed by atoms with Crippen molar-refractivity contribution < 1.29 is 13.9 Å². The Kier molecular flexibility index (Phi) is 7.42. The van der Waals surface area contributed by atoms with Gasteiger partial charge in [0.15, 0.2) is 5.96 Å². The number of para-hydroxylation sites is 1. The van der Waals surface area contributed by atoms with Crippen LogP contribution in [0.15, 0.2) is 59.6 Å². The monoisotopic (exact) mass is 358 g/mol. The van der Waals surface area contributed by atoms with E-state index >= 15 is 0 Å². The van der Waals surface area contributed by atoms with E-state index in [1.807, 2.05) is 37.3 Å². The van der Waals surface area contributed by atoms with E-state index in [1.54, 1.807) is 19.2 Å². The van der Waals surface area contributed by atoms with Gasteiger partial charge in [-0.25, -0.2) is 4.39 Å². The number of halogens is 1. The van der Waals surface area contributed by atoms with Gasteiger partial charge in [0.2, 0.25) is 5.91 Å². The highest BCUT2D eigenvalue weighted by molar-refractivity contribution is 5.94. The molecule has 0 aromatic heterocycles. The van der Waals surface area contributed by atoms with E-state index in [4.69, 9.17) is 4.74 Å². The lowest BCUT2D eigenvalue weighted by Gasteiger charge is -2.17. The molecule has 138 valence electrons. The molecule has 3 N–H and O–H groups in total. The quantitative estimate of drug-likeness (QED) is 0.525. The number of carbonyl (C=O) groups is 1. The standard InChI is InChI=1S/C19H23FN4O2/c1-14(26-17-10-6-7-15(20)11-17)12-22-19(21-2)23-13-18(25)24-16-8-4-3-5-9-16/h3-11,14H,12-13H2,1-2H3,(H,24,25)(H2,21,22,23). The van der Waals surface area contributed by atoms with Gasteiger partial charge in [-0.1, -0.05) is 24.3 Å². The number of hydrogen-bond acceptors (Lipinski definition) is 3. The van der Waals surface area contributed by atoms with Gasteiger partial charge in [-0.3, -0.25) is 9.79 Å². The second-order valence-electron chi connectivity index (χ2n) is 5.61. The lowest BCUT2D eigenvalue weighted by atomic mass is 10.3. The number of anilines is 1. The molecule has 0 bridgehead atoms. The molecule has 0 saturated heterocycles. The first kappa shape index (κ1) is 19.2. The maximum Gasteiger partial charge on any atom is 0.243 e. The molecule has 0 radical (unpaired) electrons. The first-order valence-electron chi connectivity index (χ1n) is 8.28.